The molecule has 4 nitrogen and oxygen atoms in total. The minimum atomic E-state index is -0.157. The molecular formula is C16H13BrN2O2S. The number of aromatic nitrogens is 2. The first-order valence-corrected chi connectivity index (χ1v) is 8.32. The van der Waals surface area contributed by atoms with Crippen molar-refractivity contribution in [3.8, 4) is 0 Å². The standard InChI is InChI=1S/C16H13BrN2O2S/c1-9-10(2)22-15-14(9)16(21)19(8-18-15)7-13(20)11-4-3-5-12(17)6-11/h3-6,8H,7H2,1-2H3. The molecule has 0 fully saturated rings. The summed E-state index contributed by atoms with van der Waals surface area (Å²) in [5.41, 5.74) is 1.36. The van der Waals surface area contributed by atoms with Gasteiger partial charge in [0.15, 0.2) is 5.78 Å². The fraction of sp³-hybridized carbons (Fsp3) is 0.188. The number of rotatable bonds is 3. The van der Waals surface area contributed by atoms with Crippen LogP contribution in [-0.2, 0) is 6.54 Å². The SMILES string of the molecule is Cc1sc2ncn(CC(=O)c3cccc(Br)c3)c(=O)c2c1C. The minimum Gasteiger partial charge on any atom is -0.292 e. The predicted molar refractivity (Wildman–Crippen MR) is 91.8 cm³/mol. The molecule has 2 aromatic heterocycles. The molecule has 0 amide bonds. The molecular weight excluding hydrogens is 364 g/mol. The topological polar surface area (TPSA) is 52.0 Å². The van der Waals surface area contributed by atoms with Gasteiger partial charge in [-0.25, -0.2) is 4.98 Å². The molecule has 0 aliphatic rings. The Morgan fingerprint density at radius 1 is 1.36 bits per heavy atom. The third kappa shape index (κ3) is 2.64. The summed E-state index contributed by atoms with van der Waals surface area (Å²) in [7, 11) is 0. The number of hydrogen-bond donors (Lipinski definition) is 0. The maximum Gasteiger partial charge on any atom is 0.262 e. The molecule has 0 atom stereocenters. The molecule has 0 aliphatic carbocycles. The highest BCUT2D eigenvalue weighted by Crippen LogP contribution is 2.25. The van der Waals surface area contributed by atoms with Crippen molar-refractivity contribution in [2.45, 2.75) is 20.4 Å². The molecule has 0 saturated carbocycles. The van der Waals surface area contributed by atoms with E-state index < -0.39 is 0 Å². The predicted octanol–water partition coefficient (Wildman–Crippen LogP) is 3.72. The van der Waals surface area contributed by atoms with Crippen LogP contribution in [0.4, 0.5) is 0 Å². The van der Waals surface area contributed by atoms with Crippen molar-refractivity contribution in [3.05, 3.63) is 61.4 Å². The van der Waals surface area contributed by atoms with Crippen molar-refractivity contribution in [1.82, 2.24) is 9.55 Å². The number of ketones is 1. The fourth-order valence-corrected chi connectivity index (χ4v) is 3.68. The summed E-state index contributed by atoms with van der Waals surface area (Å²) >= 11 is 4.85. The van der Waals surface area contributed by atoms with Gasteiger partial charge in [0.05, 0.1) is 18.3 Å². The summed E-state index contributed by atoms with van der Waals surface area (Å²) in [6.45, 7) is 3.88. The van der Waals surface area contributed by atoms with Gasteiger partial charge in [-0.15, -0.1) is 11.3 Å². The number of nitrogens with zero attached hydrogens (tertiary/aromatic N) is 2. The van der Waals surface area contributed by atoms with Crippen LogP contribution >= 0.6 is 27.3 Å². The molecule has 3 rings (SSSR count). The highest BCUT2D eigenvalue weighted by Gasteiger charge is 2.14. The van der Waals surface area contributed by atoms with E-state index in [1.165, 1.54) is 22.2 Å². The maximum atomic E-state index is 12.6. The van der Waals surface area contributed by atoms with Crippen molar-refractivity contribution in [2.75, 3.05) is 0 Å². The van der Waals surface area contributed by atoms with Gasteiger partial charge in [-0.1, -0.05) is 28.1 Å². The highest BCUT2D eigenvalue weighted by atomic mass is 79.9. The number of halogens is 1. The maximum absolute atomic E-state index is 12.6. The molecule has 2 heterocycles. The first-order chi connectivity index (χ1) is 10.5. The Kier molecular flexibility index (Phi) is 3.97. The van der Waals surface area contributed by atoms with Crippen LogP contribution in [0.1, 0.15) is 20.8 Å². The Labute approximate surface area is 139 Å². The molecule has 0 radical (unpaired) electrons. The van der Waals surface area contributed by atoms with E-state index in [2.05, 4.69) is 20.9 Å². The monoisotopic (exact) mass is 376 g/mol. The van der Waals surface area contributed by atoms with Crippen LogP contribution in [-0.4, -0.2) is 15.3 Å². The first-order valence-electron chi connectivity index (χ1n) is 6.71. The second-order valence-corrected chi connectivity index (χ2v) is 7.19. The molecule has 0 aliphatic heterocycles. The van der Waals surface area contributed by atoms with Gasteiger partial charge in [0, 0.05) is 14.9 Å². The first kappa shape index (κ1) is 15.1. The van der Waals surface area contributed by atoms with Crippen LogP contribution in [0.3, 0.4) is 0 Å². The number of thiophene rings is 1. The van der Waals surface area contributed by atoms with Gasteiger partial charge in [-0.2, -0.15) is 0 Å². The number of Topliss-reactive ketones (excluding diaryl/α,β-unsaturated/α-hetero) is 1. The van der Waals surface area contributed by atoms with E-state index in [-0.39, 0.29) is 17.9 Å². The lowest BCUT2D eigenvalue weighted by atomic mass is 10.1. The van der Waals surface area contributed by atoms with Gasteiger partial charge >= 0.3 is 0 Å². The fourth-order valence-electron chi connectivity index (χ4n) is 2.29. The van der Waals surface area contributed by atoms with Crippen LogP contribution < -0.4 is 5.56 Å². The lowest BCUT2D eigenvalue weighted by molar-refractivity contribution is 0.0970. The van der Waals surface area contributed by atoms with Crippen molar-refractivity contribution in [2.24, 2.45) is 0 Å². The van der Waals surface area contributed by atoms with E-state index in [1.807, 2.05) is 19.9 Å². The number of hydrogen-bond acceptors (Lipinski definition) is 4. The van der Waals surface area contributed by atoms with Crippen LogP contribution in [0.25, 0.3) is 10.2 Å². The lowest BCUT2D eigenvalue weighted by Gasteiger charge is -2.05. The molecule has 112 valence electrons. The molecule has 1 aromatic carbocycles. The van der Waals surface area contributed by atoms with Gasteiger partial charge < -0.3 is 0 Å². The Balaban J connectivity index is 2.01. The Bertz CT molecular complexity index is 943. The zero-order valence-electron chi connectivity index (χ0n) is 12.1. The molecule has 3 aromatic rings. The summed E-state index contributed by atoms with van der Waals surface area (Å²) in [6.07, 6.45) is 1.45. The van der Waals surface area contributed by atoms with Crippen LogP contribution in [0.2, 0.25) is 0 Å². The summed E-state index contributed by atoms with van der Waals surface area (Å²) < 4.78 is 2.22. The quantitative estimate of drug-likeness (QED) is 0.654. The Morgan fingerprint density at radius 3 is 2.86 bits per heavy atom. The third-order valence-corrected chi connectivity index (χ3v) is 5.22. The van der Waals surface area contributed by atoms with Crippen molar-refractivity contribution < 1.29 is 4.79 Å². The van der Waals surface area contributed by atoms with Crippen LogP contribution in [0, 0.1) is 13.8 Å². The second-order valence-electron chi connectivity index (χ2n) is 5.07. The molecule has 0 unspecified atom stereocenters. The largest absolute Gasteiger partial charge is 0.292 e. The van der Waals surface area contributed by atoms with Gasteiger partial charge in [0.1, 0.15) is 4.83 Å². The van der Waals surface area contributed by atoms with Crippen LogP contribution in [0.15, 0.2) is 39.9 Å². The lowest BCUT2D eigenvalue weighted by Crippen LogP contribution is -2.24. The van der Waals surface area contributed by atoms with Crippen LogP contribution in [0.5, 0.6) is 0 Å². The smallest absolute Gasteiger partial charge is 0.262 e. The van der Waals surface area contributed by atoms with Gasteiger partial charge in [0.25, 0.3) is 5.56 Å². The zero-order chi connectivity index (χ0) is 15.9. The van der Waals surface area contributed by atoms with Gasteiger partial charge in [-0.3, -0.25) is 14.2 Å². The average molecular weight is 377 g/mol. The van der Waals surface area contributed by atoms with Crippen molar-refractivity contribution in [1.29, 1.82) is 0 Å². The summed E-state index contributed by atoms with van der Waals surface area (Å²) in [6, 6.07) is 7.14. The van der Waals surface area contributed by atoms with E-state index in [9.17, 15) is 9.59 Å². The number of benzene rings is 1. The second kappa shape index (κ2) is 5.78. The Morgan fingerprint density at radius 2 is 2.14 bits per heavy atom. The molecule has 0 N–H and O–H groups in total. The van der Waals surface area contributed by atoms with E-state index in [0.29, 0.717) is 10.9 Å². The summed E-state index contributed by atoms with van der Waals surface area (Å²) in [5.74, 6) is -0.117. The third-order valence-electron chi connectivity index (χ3n) is 3.62. The normalized spacial score (nSPS) is 11.0. The summed E-state index contributed by atoms with van der Waals surface area (Å²) in [4.78, 5) is 31.0. The van der Waals surface area contributed by atoms with E-state index in [4.69, 9.17) is 0 Å². The molecule has 22 heavy (non-hydrogen) atoms. The number of aryl methyl sites for hydroxylation is 2. The molecule has 0 saturated heterocycles. The molecule has 6 heteroatoms. The zero-order valence-corrected chi connectivity index (χ0v) is 14.5. The molecule has 0 bridgehead atoms. The average Bonchev–Trinajstić information content (AvgIpc) is 2.78. The van der Waals surface area contributed by atoms with Crippen molar-refractivity contribution in [3.63, 3.8) is 0 Å². The van der Waals surface area contributed by atoms with Gasteiger partial charge in [-0.05, 0) is 31.5 Å². The van der Waals surface area contributed by atoms with E-state index in [1.54, 1.807) is 18.2 Å². The number of fused-ring (bicyclic) bond motifs is 1. The van der Waals surface area contributed by atoms with Gasteiger partial charge in [0.2, 0.25) is 0 Å². The van der Waals surface area contributed by atoms with Crippen molar-refractivity contribution >= 4 is 43.3 Å². The summed E-state index contributed by atoms with van der Waals surface area (Å²) in [5, 5.41) is 0.618. The minimum absolute atomic E-state index is 0.00738. The van der Waals surface area contributed by atoms with E-state index >= 15 is 0 Å². The molecule has 0 spiro atoms. The highest BCUT2D eigenvalue weighted by molar-refractivity contribution is 9.10. The van der Waals surface area contributed by atoms with E-state index in [0.717, 1.165) is 19.7 Å². The Hall–Kier alpha value is -1.79. The number of carbonyl (C=O) groups is 1. The number of carbonyl (C=O) groups excluding carboxylic acids is 1.